The molecular formula is C35H42N3O7PS. The summed E-state index contributed by atoms with van der Waals surface area (Å²) in [5, 5.41) is 10.1. The van der Waals surface area contributed by atoms with E-state index in [1.165, 1.54) is 7.11 Å². The van der Waals surface area contributed by atoms with Gasteiger partial charge in [-0.3, -0.25) is 14.6 Å². The molecule has 0 saturated carbocycles. The Morgan fingerprint density at radius 3 is 2.36 bits per heavy atom. The number of ether oxygens (including phenoxy) is 3. The maximum Gasteiger partial charge on any atom is 0.257 e. The summed E-state index contributed by atoms with van der Waals surface area (Å²) in [6, 6.07) is 6.99. The van der Waals surface area contributed by atoms with Crippen LogP contribution >= 0.6 is 19.8 Å². The van der Waals surface area contributed by atoms with Gasteiger partial charge in [-0.15, -0.1) is 0 Å². The molecule has 2 fully saturated rings. The van der Waals surface area contributed by atoms with E-state index in [-0.39, 0.29) is 43.7 Å². The first-order valence-corrected chi connectivity index (χ1v) is 18.9. The average molecular weight is 680 g/mol. The number of thiol groups is 1. The molecule has 0 radical (unpaired) electrons. The van der Waals surface area contributed by atoms with E-state index < -0.39 is 7.14 Å². The number of fused-ring (bicyclic) bond motifs is 4. The van der Waals surface area contributed by atoms with Crippen LogP contribution in [0.5, 0.6) is 17.2 Å². The third kappa shape index (κ3) is 6.89. The summed E-state index contributed by atoms with van der Waals surface area (Å²) >= 11 is 4.37. The molecule has 6 rings (SSSR count). The van der Waals surface area contributed by atoms with Crippen LogP contribution in [-0.2, 0) is 17.6 Å². The van der Waals surface area contributed by atoms with Crippen molar-refractivity contribution in [2.24, 2.45) is 4.99 Å². The molecule has 4 heterocycles. The van der Waals surface area contributed by atoms with E-state index in [4.69, 9.17) is 14.2 Å². The number of rotatable bonds is 12. The second-order valence-corrected chi connectivity index (χ2v) is 16.7. The number of benzene rings is 2. The minimum Gasteiger partial charge on any atom is -0.493 e. The molecule has 0 bridgehead atoms. The molecule has 2 saturated heterocycles. The number of carbonyl (C=O) groups is 2. The number of aliphatic imine (C=N–C) groups is 1. The normalized spacial score (nSPS) is 21.4. The SMILES string of the molecule is C=C1C[C@H]2CCc3cc(OCCP(=O)(CCS)CCOc4cc5c(cc4OC)C(=O)N4CC(=C)C[C@H]4C=N5)c(CO)cc3C(=O)N2C1. The molecule has 47 heavy (non-hydrogen) atoms. The molecule has 0 spiro atoms. The van der Waals surface area contributed by atoms with Crippen molar-refractivity contribution >= 4 is 43.5 Å². The zero-order chi connectivity index (χ0) is 33.3. The van der Waals surface area contributed by atoms with E-state index >= 15 is 0 Å². The van der Waals surface area contributed by atoms with Crippen LogP contribution in [0.25, 0.3) is 0 Å². The highest BCUT2D eigenvalue weighted by molar-refractivity contribution is 7.81. The van der Waals surface area contributed by atoms with E-state index in [1.807, 2.05) is 11.0 Å². The predicted octanol–water partition coefficient (Wildman–Crippen LogP) is 5.14. The highest BCUT2D eigenvalue weighted by Gasteiger charge is 2.36. The minimum absolute atomic E-state index is 0.0307. The molecule has 0 aliphatic carbocycles. The number of hydrogen-bond acceptors (Lipinski definition) is 9. The second-order valence-electron chi connectivity index (χ2n) is 12.8. The van der Waals surface area contributed by atoms with Gasteiger partial charge in [-0.1, -0.05) is 24.3 Å². The molecule has 2 aromatic carbocycles. The van der Waals surface area contributed by atoms with Gasteiger partial charge < -0.3 is 33.7 Å². The first-order valence-electron chi connectivity index (χ1n) is 16.0. The molecular weight excluding hydrogens is 637 g/mol. The zero-order valence-electron chi connectivity index (χ0n) is 26.8. The number of carbonyl (C=O) groups excluding carboxylic acids is 2. The van der Waals surface area contributed by atoms with Gasteiger partial charge >= 0.3 is 0 Å². The van der Waals surface area contributed by atoms with E-state index in [0.717, 1.165) is 36.0 Å². The fraction of sp³-hybridized carbons (Fsp3) is 0.457. The number of aliphatic hydroxyl groups is 1. The Kier molecular flexibility index (Phi) is 9.88. The Balaban J connectivity index is 1.10. The molecule has 12 heteroatoms. The van der Waals surface area contributed by atoms with Gasteiger partial charge in [0.15, 0.2) is 11.5 Å². The van der Waals surface area contributed by atoms with E-state index in [2.05, 4.69) is 30.8 Å². The summed E-state index contributed by atoms with van der Waals surface area (Å²) in [7, 11) is -1.24. The Morgan fingerprint density at radius 2 is 1.64 bits per heavy atom. The first kappa shape index (κ1) is 33.4. The van der Waals surface area contributed by atoms with Gasteiger partial charge in [0.25, 0.3) is 11.8 Å². The van der Waals surface area contributed by atoms with Crippen LogP contribution in [0.4, 0.5) is 5.69 Å². The minimum atomic E-state index is -2.76. The summed E-state index contributed by atoms with van der Waals surface area (Å²) in [4.78, 5) is 34.8. The average Bonchev–Trinajstić information content (AvgIpc) is 3.56. The smallest absolute Gasteiger partial charge is 0.257 e. The van der Waals surface area contributed by atoms with Crippen LogP contribution in [0, 0.1) is 0 Å². The number of methoxy groups -OCH3 is 1. The molecule has 4 aliphatic rings. The van der Waals surface area contributed by atoms with Crippen molar-refractivity contribution < 1.29 is 33.5 Å². The van der Waals surface area contributed by atoms with Gasteiger partial charge in [0.1, 0.15) is 5.75 Å². The highest BCUT2D eigenvalue weighted by atomic mass is 32.1. The van der Waals surface area contributed by atoms with Crippen LogP contribution < -0.4 is 14.2 Å². The van der Waals surface area contributed by atoms with Crippen molar-refractivity contribution in [2.75, 3.05) is 57.7 Å². The van der Waals surface area contributed by atoms with Crippen molar-refractivity contribution in [3.63, 3.8) is 0 Å². The lowest BCUT2D eigenvalue weighted by atomic mass is 9.98. The van der Waals surface area contributed by atoms with Crippen molar-refractivity contribution in [3.8, 4) is 17.2 Å². The molecule has 0 aromatic heterocycles. The lowest BCUT2D eigenvalue weighted by molar-refractivity contribution is 0.0741. The molecule has 1 N–H and O–H groups in total. The van der Waals surface area contributed by atoms with Crippen LogP contribution in [-0.4, -0.2) is 103 Å². The van der Waals surface area contributed by atoms with Gasteiger partial charge in [-0.2, -0.15) is 12.6 Å². The van der Waals surface area contributed by atoms with Crippen LogP contribution in [0.2, 0.25) is 0 Å². The van der Waals surface area contributed by atoms with Crippen LogP contribution in [0.15, 0.2) is 53.6 Å². The molecule has 2 aromatic rings. The zero-order valence-corrected chi connectivity index (χ0v) is 28.6. The van der Waals surface area contributed by atoms with Gasteiger partial charge in [-0.25, -0.2) is 0 Å². The molecule has 2 amide bonds. The lowest BCUT2D eigenvalue weighted by Gasteiger charge is -2.22. The van der Waals surface area contributed by atoms with Gasteiger partial charge in [0.05, 0.1) is 51.4 Å². The standard InChI is InChI=1S/C35H42N3O7PS/c1-22-12-26-5-4-24-15-31(25(21-39)14-28(24)34(40)37(26)19-22)44-6-8-46(42,10-11-47)9-7-45-33-17-30-29(16-32(33)43-3)35(41)38-20-23(2)13-27(38)18-36-30/h14-18,26-27,39,47H,1-2,4-13,19-21H2,3H3/t26-,27+,46?/m1/s1. The van der Waals surface area contributed by atoms with Gasteiger partial charge in [-0.05, 0) is 55.2 Å². The van der Waals surface area contributed by atoms with E-state index in [9.17, 15) is 19.3 Å². The fourth-order valence-electron chi connectivity index (χ4n) is 6.95. The first-order chi connectivity index (χ1) is 22.6. The molecule has 250 valence electrons. The number of nitrogens with zero attached hydrogens (tertiary/aromatic N) is 3. The van der Waals surface area contributed by atoms with Gasteiger partial charge in [0, 0.05) is 61.0 Å². The molecule has 3 atom stereocenters. The maximum atomic E-state index is 14.0. The third-order valence-electron chi connectivity index (χ3n) is 9.53. The predicted molar refractivity (Wildman–Crippen MR) is 186 cm³/mol. The largest absolute Gasteiger partial charge is 0.493 e. The second kappa shape index (κ2) is 13.9. The van der Waals surface area contributed by atoms with Crippen molar-refractivity contribution in [1.82, 2.24) is 9.80 Å². The summed E-state index contributed by atoms with van der Waals surface area (Å²) in [5.74, 6) is 1.63. The topological polar surface area (TPSA) is 118 Å². The molecule has 10 nitrogen and oxygen atoms in total. The van der Waals surface area contributed by atoms with Crippen molar-refractivity contribution in [2.45, 2.75) is 44.4 Å². The van der Waals surface area contributed by atoms with Crippen molar-refractivity contribution in [1.29, 1.82) is 0 Å². The van der Waals surface area contributed by atoms with E-state index in [1.54, 1.807) is 29.3 Å². The van der Waals surface area contributed by atoms with Crippen LogP contribution in [0.1, 0.15) is 51.1 Å². The number of aliphatic hydroxyl groups excluding tert-OH is 1. The quantitative estimate of drug-likeness (QED) is 0.181. The summed E-state index contributed by atoms with van der Waals surface area (Å²) in [5.41, 5.74) is 5.05. The highest BCUT2D eigenvalue weighted by Crippen LogP contribution is 2.46. The third-order valence-corrected chi connectivity index (χ3v) is 13.1. The summed E-state index contributed by atoms with van der Waals surface area (Å²) in [6.45, 7) is 9.25. The molecule has 4 aliphatic heterocycles. The monoisotopic (exact) mass is 679 g/mol. The Labute approximate surface area is 281 Å². The number of amides is 2. The Bertz CT molecular complexity index is 1690. The maximum absolute atomic E-state index is 14.0. The van der Waals surface area contributed by atoms with Crippen LogP contribution in [0.3, 0.4) is 0 Å². The van der Waals surface area contributed by atoms with Gasteiger partial charge in [0.2, 0.25) is 0 Å². The number of aryl methyl sites for hydroxylation is 1. The number of hydrogen-bond donors (Lipinski definition) is 2. The van der Waals surface area contributed by atoms with Crippen molar-refractivity contribution in [3.05, 3.63) is 70.8 Å². The Hall–Kier alpha value is -3.53. The molecule has 1 unspecified atom stereocenters. The fourth-order valence-corrected chi connectivity index (χ4v) is 9.92. The lowest BCUT2D eigenvalue weighted by Crippen LogP contribution is -2.35. The summed E-state index contributed by atoms with van der Waals surface area (Å²) < 4.78 is 31.8. The Morgan fingerprint density at radius 1 is 0.936 bits per heavy atom. The van der Waals surface area contributed by atoms with E-state index in [0.29, 0.717) is 83.4 Å². The summed E-state index contributed by atoms with van der Waals surface area (Å²) in [6.07, 6.45) is 5.89.